The van der Waals surface area contributed by atoms with Crippen LogP contribution >= 0.6 is 11.3 Å². The highest BCUT2D eigenvalue weighted by Crippen LogP contribution is 2.27. The van der Waals surface area contributed by atoms with Gasteiger partial charge in [0.05, 0.1) is 23.4 Å². The predicted molar refractivity (Wildman–Crippen MR) is 81.8 cm³/mol. The van der Waals surface area contributed by atoms with Crippen molar-refractivity contribution in [3.05, 3.63) is 51.7 Å². The number of morpholine rings is 1. The number of hydrogen-bond donors (Lipinski definition) is 0. The first-order chi connectivity index (χ1) is 10.1. The van der Waals surface area contributed by atoms with Crippen molar-refractivity contribution in [1.29, 1.82) is 0 Å². The summed E-state index contributed by atoms with van der Waals surface area (Å²) in [5.41, 5.74) is 4.04. The summed E-state index contributed by atoms with van der Waals surface area (Å²) in [4.78, 5) is 8.01. The Balaban J connectivity index is 1.72. The fourth-order valence-electron chi connectivity index (χ4n) is 2.71. The van der Waals surface area contributed by atoms with Crippen LogP contribution in [0.1, 0.15) is 29.2 Å². The maximum Gasteiger partial charge on any atom is 0.123 e. The summed E-state index contributed by atoms with van der Waals surface area (Å²) < 4.78 is 19.1. The SMILES string of the molecule is Cc1ncsc1CN1C[C@H](C)O[C@@H](c2ccc(F)cc2)C1. The molecule has 0 amide bonds. The second-order valence-corrected chi connectivity index (χ2v) is 6.48. The van der Waals surface area contributed by atoms with Gasteiger partial charge in [0.25, 0.3) is 0 Å². The van der Waals surface area contributed by atoms with Crippen LogP contribution in [0.25, 0.3) is 0 Å². The minimum atomic E-state index is -0.209. The number of nitrogens with zero attached hydrogens (tertiary/aromatic N) is 2. The molecule has 3 nitrogen and oxygen atoms in total. The van der Waals surface area contributed by atoms with E-state index in [2.05, 4.69) is 16.8 Å². The molecule has 0 bridgehead atoms. The van der Waals surface area contributed by atoms with Gasteiger partial charge in [-0.2, -0.15) is 0 Å². The van der Waals surface area contributed by atoms with Crippen molar-refractivity contribution in [2.75, 3.05) is 13.1 Å². The summed E-state index contributed by atoms with van der Waals surface area (Å²) in [6.45, 7) is 6.78. The summed E-state index contributed by atoms with van der Waals surface area (Å²) in [6.07, 6.45) is 0.171. The van der Waals surface area contributed by atoms with Gasteiger partial charge < -0.3 is 4.74 Å². The third-order valence-corrected chi connectivity index (χ3v) is 4.71. The Kier molecular flexibility index (Phi) is 4.33. The van der Waals surface area contributed by atoms with Crippen molar-refractivity contribution in [3.8, 4) is 0 Å². The predicted octanol–water partition coefficient (Wildman–Crippen LogP) is 3.55. The highest BCUT2D eigenvalue weighted by molar-refractivity contribution is 7.09. The van der Waals surface area contributed by atoms with E-state index in [1.165, 1.54) is 17.0 Å². The lowest BCUT2D eigenvalue weighted by Gasteiger charge is -2.36. The third-order valence-electron chi connectivity index (χ3n) is 3.79. The summed E-state index contributed by atoms with van der Waals surface area (Å²) in [5.74, 6) is -0.209. The number of rotatable bonds is 3. The van der Waals surface area contributed by atoms with Gasteiger partial charge in [-0.15, -0.1) is 11.3 Å². The standard InChI is InChI=1S/C16H19FN2OS/c1-11-7-19(9-16-12(2)18-10-21-16)8-15(20-11)13-3-5-14(17)6-4-13/h3-6,10-11,15H,7-9H2,1-2H3/t11-,15+/m0/s1. The second-order valence-electron chi connectivity index (χ2n) is 5.54. The van der Waals surface area contributed by atoms with Gasteiger partial charge in [0.2, 0.25) is 0 Å². The van der Waals surface area contributed by atoms with Crippen LogP contribution < -0.4 is 0 Å². The lowest BCUT2D eigenvalue weighted by molar-refractivity contribution is -0.0812. The van der Waals surface area contributed by atoms with Crippen molar-refractivity contribution in [2.45, 2.75) is 32.6 Å². The van der Waals surface area contributed by atoms with Crippen LogP contribution in [0.4, 0.5) is 4.39 Å². The van der Waals surface area contributed by atoms with Gasteiger partial charge in [-0.25, -0.2) is 9.37 Å². The fraction of sp³-hybridized carbons (Fsp3) is 0.438. The van der Waals surface area contributed by atoms with E-state index < -0.39 is 0 Å². The number of aryl methyl sites for hydroxylation is 1. The Morgan fingerprint density at radius 1 is 1.33 bits per heavy atom. The number of aromatic nitrogens is 1. The van der Waals surface area contributed by atoms with E-state index in [9.17, 15) is 4.39 Å². The topological polar surface area (TPSA) is 25.4 Å². The maximum absolute atomic E-state index is 13.0. The first-order valence-electron chi connectivity index (χ1n) is 7.14. The molecule has 0 spiro atoms. The van der Waals surface area contributed by atoms with E-state index >= 15 is 0 Å². The molecule has 0 aliphatic carbocycles. The van der Waals surface area contributed by atoms with Crippen molar-refractivity contribution in [2.24, 2.45) is 0 Å². The summed E-state index contributed by atoms with van der Waals surface area (Å²) in [7, 11) is 0. The Morgan fingerprint density at radius 3 is 2.76 bits per heavy atom. The minimum absolute atomic E-state index is 0.00239. The van der Waals surface area contributed by atoms with Crippen molar-refractivity contribution in [3.63, 3.8) is 0 Å². The van der Waals surface area contributed by atoms with E-state index in [0.717, 1.165) is 30.9 Å². The molecular weight excluding hydrogens is 287 g/mol. The van der Waals surface area contributed by atoms with Gasteiger partial charge in [0, 0.05) is 24.5 Å². The number of thiazole rings is 1. The van der Waals surface area contributed by atoms with Gasteiger partial charge in [-0.3, -0.25) is 4.90 Å². The van der Waals surface area contributed by atoms with Gasteiger partial charge in [0.1, 0.15) is 5.82 Å². The van der Waals surface area contributed by atoms with Gasteiger partial charge >= 0.3 is 0 Å². The Hall–Kier alpha value is -1.30. The first kappa shape index (κ1) is 14.6. The molecule has 2 aromatic rings. The van der Waals surface area contributed by atoms with Gasteiger partial charge in [-0.05, 0) is 31.5 Å². The number of benzene rings is 1. The average molecular weight is 306 g/mol. The van der Waals surface area contributed by atoms with Crippen LogP contribution in [-0.4, -0.2) is 29.1 Å². The van der Waals surface area contributed by atoms with Crippen molar-refractivity contribution in [1.82, 2.24) is 9.88 Å². The number of ether oxygens (including phenoxy) is 1. The summed E-state index contributed by atoms with van der Waals surface area (Å²) in [5, 5.41) is 0. The molecule has 112 valence electrons. The molecule has 0 radical (unpaired) electrons. The van der Waals surface area contributed by atoms with E-state index in [1.54, 1.807) is 11.3 Å². The van der Waals surface area contributed by atoms with Gasteiger partial charge in [-0.1, -0.05) is 12.1 Å². The molecule has 0 saturated carbocycles. The number of hydrogen-bond acceptors (Lipinski definition) is 4. The van der Waals surface area contributed by atoms with Gasteiger partial charge in [0.15, 0.2) is 0 Å². The van der Waals surface area contributed by atoms with Crippen molar-refractivity contribution < 1.29 is 9.13 Å². The molecule has 1 aliphatic rings. The van der Waals surface area contributed by atoms with Crippen LogP contribution in [0.2, 0.25) is 0 Å². The zero-order valence-electron chi connectivity index (χ0n) is 12.3. The third kappa shape index (κ3) is 3.48. The lowest BCUT2D eigenvalue weighted by Crippen LogP contribution is -2.42. The second kappa shape index (κ2) is 6.22. The van der Waals surface area contributed by atoms with E-state index in [1.807, 2.05) is 24.6 Å². The molecule has 1 saturated heterocycles. The Morgan fingerprint density at radius 2 is 2.10 bits per heavy atom. The normalized spacial score (nSPS) is 23.4. The molecule has 2 atom stereocenters. The monoisotopic (exact) mass is 306 g/mol. The summed E-state index contributed by atoms with van der Waals surface area (Å²) >= 11 is 1.70. The molecule has 1 aromatic heterocycles. The zero-order chi connectivity index (χ0) is 14.8. The van der Waals surface area contributed by atoms with Crippen molar-refractivity contribution >= 4 is 11.3 Å². The largest absolute Gasteiger partial charge is 0.368 e. The van der Waals surface area contributed by atoms with Crippen LogP contribution in [0.15, 0.2) is 29.8 Å². The molecule has 2 heterocycles. The highest BCUT2D eigenvalue weighted by Gasteiger charge is 2.27. The molecule has 1 aliphatic heterocycles. The Labute approximate surface area is 128 Å². The Bertz CT molecular complexity index is 599. The van der Waals surface area contributed by atoms with Crippen LogP contribution in [0, 0.1) is 12.7 Å². The van der Waals surface area contributed by atoms with Crippen LogP contribution in [-0.2, 0) is 11.3 Å². The van der Waals surface area contributed by atoms with E-state index in [4.69, 9.17) is 4.74 Å². The molecule has 0 unspecified atom stereocenters. The number of halogens is 1. The molecule has 21 heavy (non-hydrogen) atoms. The fourth-order valence-corrected chi connectivity index (χ4v) is 3.53. The van der Waals surface area contributed by atoms with Crippen LogP contribution in [0.3, 0.4) is 0 Å². The first-order valence-corrected chi connectivity index (χ1v) is 8.02. The van der Waals surface area contributed by atoms with Crippen LogP contribution in [0.5, 0.6) is 0 Å². The quantitative estimate of drug-likeness (QED) is 0.867. The molecule has 1 aromatic carbocycles. The summed E-state index contributed by atoms with van der Waals surface area (Å²) in [6, 6.07) is 6.62. The lowest BCUT2D eigenvalue weighted by atomic mass is 10.1. The maximum atomic E-state index is 13.0. The smallest absolute Gasteiger partial charge is 0.123 e. The molecule has 1 fully saturated rings. The van der Waals surface area contributed by atoms with E-state index in [-0.39, 0.29) is 18.0 Å². The highest BCUT2D eigenvalue weighted by atomic mass is 32.1. The molecule has 0 N–H and O–H groups in total. The zero-order valence-corrected chi connectivity index (χ0v) is 13.1. The minimum Gasteiger partial charge on any atom is -0.368 e. The average Bonchev–Trinajstić information content (AvgIpc) is 2.84. The molecule has 3 rings (SSSR count). The molecule has 5 heteroatoms. The van der Waals surface area contributed by atoms with E-state index in [0.29, 0.717) is 0 Å². The molecular formula is C16H19FN2OS.